The van der Waals surface area contributed by atoms with Gasteiger partial charge in [-0.15, -0.1) is 0 Å². The van der Waals surface area contributed by atoms with Crippen molar-refractivity contribution in [1.82, 2.24) is 5.43 Å². The van der Waals surface area contributed by atoms with Crippen molar-refractivity contribution < 1.29 is 19.1 Å². The highest BCUT2D eigenvalue weighted by Gasteiger charge is 2.16. The molecule has 0 bridgehead atoms. The first-order chi connectivity index (χ1) is 16.9. The number of hydrogen-bond donors (Lipinski definition) is 1. The van der Waals surface area contributed by atoms with Gasteiger partial charge in [-0.05, 0) is 48.4 Å². The molecule has 0 aliphatic heterocycles. The molecule has 1 N–H and O–H groups in total. The Labute approximate surface area is 218 Å². The largest absolute Gasteiger partial charge is 0.493 e. The first kappa shape index (κ1) is 28.7. The number of rotatable bonds is 15. The molecule has 8 heteroatoms. The number of ether oxygens (including phenoxy) is 2. The molecule has 190 valence electrons. The predicted octanol–water partition coefficient (Wildman–Crippen LogP) is 7.59. The number of hydrazone groups is 1. The second-order valence-corrected chi connectivity index (χ2v) is 9.14. The van der Waals surface area contributed by atoms with Crippen molar-refractivity contribution in [2.45, 2.75) is 71.1 Å². The lowest BCUT2D eigenvalue weighted by molar-refractivity contribution is -0.121. The zero-order valence-corrected chi connectivity index (χ0v) is 22.0. The van der Waals surface area contributed by atoms with Gasteiger partial charge in [-0.1, -0.05) is 81.5 Å². The molecule has 0 spiro atoms. The van der Waals surface area contributed by atoms with Gasteiger partial charge in [-0.3, -0.25) is 4.79 Å². The Bertz CT molecular complexity index is 995. The minimum Gasteiger partial charge on any atom is -0.493 e. The van der Waals surface area contributed by atoms with Crippen LogP contribution < -0.4 is 14.9 Å². The van der Waals surface area contributed by atoms with E-state index in [1.54, 1.807) is 24.3 Å². The lowest BCUT2D eigenvalue weighted by Gasteiger charge is -2.10. The maximum atomic E-state index is 12.5. The molecule has 2 rings (SSSR count). The number of carbonyl (C=O) groups is 2. The van der Waals surface area contributed by atoms with Gasteiger partial charge in [0.2, 0.25) is 5.91 Å². The number of unbranched alkanes of at least 4 members (excludes halogenated alkanes) is 8. The van der Waals surface area contributed by atoms with Crippen molar-refractivity contribution in [1.29, 1.82) is 0 Å². The number of carbonyl (C=O) groups excluding carboxylic acids is 2. The molecule has 0 saturated carbocycles. The molecule has 35 heavy (non-hydrogen) atoms. The number of amides is 1. The molecule has 6 nitrogen and oxygen atoms in total. The summed E-state index contributed by atoms with van der Waals surface area (Å²) in [4.78, 5) is 24.5. The van der Waals surface area contributed by atoms with Gasteiger partial charge in [0.15, 0.2) is 11.5 Å². The summed E-state index contributed by atoms with van der Waals surface area (Å²) in [6.07, 6.45) is 12.8. The quantitative estimate of drug-likeness (QED) is 0.0861. The van der Waals surface area contributed by atoms with Gasteiger partial charge in [0.1, 0.15) is 0 Å². The molecular weight excluding hydrogens is 487 g/mol. The van der Waals surface area contributed by atoms with Gasteiger partial charge >= 0.3 is 5.97 Å². The maximum Gasteiger partial charge on any atom is 0.345 e. The Balaban J connectivity index is 1.77. The van der Waals surface area contributed by atoms with Crippen LogP contribution in [-0.2, 0) is 4.79 Å². The molecule has 0 fully saturated rings. The van der Waals surface area contributed by atoms with E-state index in [0.717, 1.165) is 12.8 Å². The van der Waals surface area contributed by atoms with Crippen LogP contribution in [0.3, 0.4) is 0 Å². The SMILES string of the molecule is CCCCCCCCCCCC(=O)N/N=C/c1ccc(OC(=O)c2ccc(Cl)cc2Cl)c(OC)c1. The molecule has 0 aliphatic rings. The minimum atomic E-state index is -0.629. The van der Waals surface area contributed by atoms with Crippen LogP contribution >= 0.6 is 23.2 Å². The third-order valence-electron chi connectivity index (χ3n) is 5.45. The van der Waals surface area contributed by atoms with Gasteiger partial charge in [-0.2, -0.15) is 5.10 Å². The minimum absolute atomic E-state index is 0.110. The normalized spacial score (nSPS) is 11.0. The molecule has 0 atom stereocenters. The second-order valence-electron chi connectivity index (χ2n) is 8.30. The molecule has 0 radical (unpaired) electrons. The molecule has 2 aromatic carbocycles. The Hall–Kier alpha value is -2.57. The molecule has 2 aromatic rings. The zero-order chi connectivity index (χ0) is 25.5. The molecule has 0 unspecified atom stereocenters. The molecule has 1 amide bonds. The fourth-order valence-electron chi connectivity index (χ4n) is 3.49. The van der Waals surface area contributed by atoms with E-state index in [4.69, 9.17) is 32.7 Å². The third-order valence-corrected chi connectivity index (χ3v) is 6.00. The average molecular weight is 521 g/mol. The van der Waals surface area contributed by atoms with Crippen LogP contribution in [0.5, 0.6) is 11.5 Å². The maximum absolute atomic E-state index is 12.5. The highest BCUT2D eigenvalue weighted by Crippen LogP contribution is 2.30. The van der Waals surface area contributed by atoms with Crippen molar-refractivity contribution in [2.24, 2.45) is 5.10 Å². The van der Waals surface area contributed by atoms with Gasteiger partial charge < -0.3 is 9.47 Å². The summed E-state index contributed by atoms with van der Waals surface area (Å²) >= 11 is 12.0. The fourth-order valence-corrected chi connectivity index (χ4v) is 3.98. The summed E-state index contributed by atoms with van der Waals surface area (Å²) in [5.74, 6) is -0.167. The number of halogens is 2. The van der Waals surface area contributed by atoms with Crippen LogP contribution in [0.25, 0.3) is 0 Å². The van der Waals surface area contributed by atoms with E-state index in [9.17, 15) is 9.59 Å². The predicted molar refractivity (Wildman–Crippen MR) is 142 cm³/mol. The number of hydrogen-bond acceptors (Lipinski definition) is 5. The number of esters is 1. The van der Waals surface area contributed by atoms with E-state index in [2.05, 4.69) is 17.5 Å². The molecule has 0 saturated heterocycles. The van der Waals surface area contributed by atoms with Gasteiger partial charge in [0.05, 0.1) is 23.9 Å². The highest BCUT2D eigenvalue weighted by atomic mass is 35.5. The van der Waals surface area contributed by atoms with Crippen LogP contribution in [0, 0.1) is 0 Å². The monoisotopic (exact) mass is 520 g/mol. The summed E-state index contributed by atoms with van der Waals surface area (Å²) < 4.78 is 10.8. The number of nitrogens with one attached hydrogen (secondary N) is 1. The second kappa shape index (κ2) is 16.2. The summed E-state index contributed by atoms with van der Waals surface area (Å²) in [5, 5.41) is 4.64. The van der Waals surface area contributed by atoms with Crippen LogP contribution in [0.1, 0.15) is 87.1 Å². The zero-order valence-electron chi connectivity index (χ0n) is 20.4. The van der Waals surface area contributed by atoms with E-state index >= 15 is 0 Å². The van der Waals surface area contributed by atoms with E-state index in [-0.39, 0.29) is 22.2 Å². The van der Waals surface area contributed by atoms with E-state index in [0.29, 0.717) is 22.8 Å². The Morgan fingerprint density at radius 1 is 0.914 bits per heavy atom. The Morgan fingerprint density at radius 3 is 2.26 bits per heavy atom. The van der Waals surface area contributed by atoms with Crippen molar-refractivity contribution in [2.75, 3.05) is 7.11 Å². The Kier molecular flexibility index (Phi) is 13.2. The Morgan fingerprint density at radius 2 is 1.60 bits per heavy atom. The first-order valence-electron chi connectivity index (χ1n) is 12.1. The van der Waals surface area contributed by atoms with Gasteiger partial charge in [0, 0.05) is 11.4 Å². The van der Waals surface area contributed by atoms with Crippen molar-refractivity contribution in [3.05, 3.63) is 57.6 Å². The first-order valence-corrected chi connectivity index (χ1v) is 12.9. The third kappa shape index (κ3) is 10.7. The van der Waals surface area contributed by atoms with Crippen molar-refractivity contribution >= 4 is 41.3 Å². The van der Waals surface area contributed by atoms with Crippen LogP contribution in [-0.4, -0.2) is 25.2 Å². The molecule has 0 aromatic heterocycles. The fraction of sp³-hybridized carbons (Fsp3) is 0.444. The summed E-state index contributed by atoms with van der Waals surface area (Å²) in [6.45, 7) is 2.22. The van der Waals surface area contributed by atoms with E-state index in [1.807, 2.05) is 0 Å². The molecule has 0 heterocycles. The topological polar surface area (TPSA) is 77.0 Å². The lowest BCUT2D eigenvalue weighted by atomic mass is 10.1. The summed E-state index contributed by atoms with van der Waals surface area (Å²) in [6, 6.07) is 9.47. The van der Waals surface area contributed by atoms with Gasteiger partial charge in [-0.25, -0.2) is 10.2 Å². The highest BCUT2D eigenvalue weighted by molar-refractivity contribution is 6.36. The number of benzene rings is 2. The number of methoxy groups -OCH3 is 1. The smallest absolute Gasteiger partial charge is 0.345 e. The van der Waals surface area contributed by atoms with Crippen LogP contribution in [0.4, 0.5) is 0 Å². The standard InChI is InChI=1S/C27H34Cl2N2O4/c1-3-4-5-6-7-8-9-10-11-12-26(32)31-30-19-20-13-16-24(25(17-20)34-2)35-27(33)22-15-14-21(28)18-23(22)29/h13-19H,3-12H2,1-2H3,(H,31,32)/b30-19+. The average Bonchev–Trinajstić information content (AvgIpc) is 2.83. The summed E-state index contributed by atoms with van der Waals surface area (Å²) in [5.41, 5.74) is 3.42. The van der Waals surface area contributed by atoms with Crippen molar-refractivity contribution in [3.63, 3.8) is 0 Å². The van der Waals surface area contributed by atoms with Gasteiger partial charge in [0.25, 0.3) is 0 Å². The molecular formula is C27H34Cl2N2O4. The van der Waals surface area contributed by atoms with Crippen LogP contribution in [0.2, 0.25) is 10.0 Å². The molecule has 0 aliphatic carbocycles. The van der Waals surface area contributed by atoms with E-state index < -0.39 is 5.97 Å². The van der Waals surface area contributed by atoms with Crippen LogP contribution in [0.15, 0.2) is 41.5 Å². The lowest BCUT2D eigenvalue weighted by Crippen LogP contribution is -2.16. The van der Waals surface area contributed by atoms with E-state index in [1.165, 1.54) is 70.4 Å². The van der Waals surface area contributed by atoms with Crippen molar-refractivity contribution in [3.8, 4) is 11.5 Å². The summed E-state index contributed by atoms with van der Waals surface area (Å²) in [7, 11) is 1.47. The number of nitrogens with zero attached hydrogens (tertiary/aromatic N) is 1.